The number of rotatable bonds is 4. The maximum Gasteiger partial charge on any atom is 0.0522 e. The summed E-state index contributed by atoms with van der Waals surface area (Å²) in [5.74, 6) is 0. The van der Waals surface area contributed by atoms with E-state index in [1.54, 1.807) is 0 Å². The van der Waals surface area contributed by atoms with Crippen LogP contribution in [0.1, 0.15) is 16.4 Å². The van der Waals surface area contributed by atoms with Crippen LogP contribution in [0.3, 0.4) is 0 Å². The van der Waals surface area contributed by atoms with Crippen LogP contribution < -0.4 is 0 Å². The molecule has 0 radical (unpaired) electrons. The van der Waals surface area contributed by atoms with Crippen molar-refractivity contribution in [2.75, 3.05) is 0 Å². The van der Waals surface area contributed by atoms with E-state index >= 15 is 0 Å². The second-order valence-corrected chi connectivity index (χ2v) is 6.41. The van der Waals surface area contributed by atoms with Crippen LogP contribution in [0.15, 0.2) is 84.3 Å². The molecule has 0 spiro atoms. The maximum absolute atomic E-state index is 4.01. The highest BCUT2D eigenvalue weighted by molar-refractivity contribution is 7.99. The first-order valence-electron chi connectivity index (χ1n) is 7.11. The number of hydrogen-bond donors (Lipinski definition) is 0. The summed E-state index contributed by atoms with van der Waals surface area (Å²) in [6.07, 6.45) is 2.02. The highest BCUT2D eigenvalue weighted by atomic mass is 32.2. The fraction of sp³-hybridized carbons (Fsp3) is 0.100. The first kappa shape index (κ1) is 14.0. The summed E-state index contributed by atoms with van der Waals surface area (Å²) in [7, 11) is 0. The van der Waals surface area contributed by atoms with Gasteiger partial charge in [-0.15, -0.1) is 18.3 Å². The first-order chi connectivity index (χ1) is 10.3. The van der Waals surface area contributed by atoms with E-state index in [4.69, 9.17) is 0 Å². The molecule has 0 aliphatic heterocycles. The van der Waals surface area contributed by atoms with Crippen LogP contribution in [0.4, 0.5) is 0 Å². The minimum absolute atomic E-state index is 0.275. The van der Waals surface area contributed by atoms with Gasteiger partial charge in [0, 0.05) is 4.90 Å². The van der Waals surface area contributed by atoms with E-state index in [1.165, 1.54) is 26.8 Å². The van der Waals surface area contributed by atoms with Gasteiger partial charge in [-0.25, -0.2) is 0 Å². The Hall–Kier alpha value is -1.99. The van der Waals surface area contributed by atoms with Crippen LogP contribution in [0.5, 0.6) is 0 Å². The van der Waals surface area contributed by atoms with Crippen molar-refractivity contribution >= 4 is 22.5 Å². The average molecular weight is 290 g/mol. The Morgan fingerprint density at radius 3 is 2.33 bits per heavy atom. The molecule has 1 unspecified atom stereocenters. The molecule has 3 aromatic carbocycles. The lowest BCUT2D eigenvalue weighted by atomic mass is 10.1. The third-order valence-corrected chi connectivity index (χ3v) is 4.86. The van der Waals surface area contributed by atoms with Crippen LogP contribution in [-0.2, 0) is 0 Å². The Balaban J connectivity index is 1.90. The van der Waals surface area contributed by atoms with E-state index in [0.29, 0.717) is 0 Å². The Labute approximate surface area is 130 Å². The molecule has 0 aliphatic rings. The van der Waals surface area contributed by atoms with Crippen molar-refractivity contribution in [3.05, 3.63) is 90.5 Å². The number of aryl methyl sites for hydroxylation is 1. The van der Waals surface area contributed by atoms with Crippen molar-refractivity contribution in [1.82, 2.24) is 0 Å². The van der Waals surface area contributed by atoms with Crippen molar-refractivity contribution in [2.45, 2.75) is 17.1 Å². The van der Waals surface area contributed by atoms with E-state index in [-0.39, 0.29) is 5.25 Å². The summed E-state index contributed by atoms with van der Waals surface area (Å²) in [6, 6.07) is 23.8. The van der Waals surface area contributed by atoms with Gasteiger partial charge in [-0.2, -0.15) is 0 Å². The molecule has 0 bridgehead atoms. The normalized spacial score (nSPS) is 12.2. The van der Waals surface area contributed by atoms with Gasteiger partial charge in [0.05, 0.1) is 5.25 Å². The molecule has 3 aromatic rings. The zero-order chi connectivity index (χ0) is 14.7. The van der Waals surface area contributed by atoms with E-state index in [0.717, 1.165) is 0 Å². The van der Waals surface area contributed by atoms with Crippen molar-refractivity contribution in [3.63, 3.8) is 0 Å². The fourth-order valence-corrected chi connectivity index (χ4v) is 3.37. The summed E-state index contributed by atoms with van der Waals surface area (Å²) in [6.45, 7) is 6.12. The van der Waals surface area contributed by atoms with E-state index < -0.39 is 0 Å². The topological polar surface area (TPSA) is 0 Å². The minimum Gasteiger partial charge on any atom is -0.114 e. The second kappa shape index (κ2) is 6.19. The number of fused-ring (bicyclic) bond motifs is 1. The third kappa shape index (κ3) is 3.20. The predicted octanol–water partition coefficient (Wildman–Crippen LogP) is 6.17. The van der Waals surface area contributed by atoms with Crippen molar-refractivity contribution < 1.29 is 0 Å². The maximum atomic E-state index is 4.01. The lowest BCUT2D eigenvalue weighted by molar-refractivity contribution is 1.23. The molecule has 1 heteroatoms. The second-order valence-electron chi connectivity index (χ2n) is 5.19. The molecule has 0 heterocycles. The quantitative estimate of drug-likeness (QED) is 0.409. The fourth-order valence-electron chi connectivity index (χ4n) is 2.40. The van der Waals surface area contributed by atoms with Crippen molar-refractivity contribution in [3.8, 4) is 0 Å². The summed E-state index contributed by atoms with van der Waals surface area (Å²) in [5.41, 5.74) is 2.59. The Bertz CT molecular complexity index is 756. The number of hydrogen-bond acceptors (Lipinski definition) is 1. The smallest absolute Gasteiger partial charge is 0.0522 e. The number of benzene rings is 3. The number of thioether (sulfide) groups is 1. The highest BCUT2D eigenvalue weighted by Crippen LogP contribution is 2.37. The first-order valence-corrected chi connectivity index (χ1v) is 7.99. The monoisotopic (exact) mass is 290 g/mol. The van der Waals surface area contributed by atoms with Gasteiger partial charge in [0.2, 0.25) is 0 Å². The van der Waals surface area contributed by atoms with Crippen LogP contribution in [0, 0.1) is 6.92 Å². The molecule has 1 atom stereocenters. The molecule has 0 aromatic heterocycles. The predicted molar refractivity (Wildman–Crippen MR) is 93.9 cm³/mol. The molecule has 0 aliphatic carbocycles. The van der Waals surface area contributed by atoms with E-state index in [1.807, 2.05) is 17.8 Å². The van der Waals surface area contributed by atoms with Crippen molar-refractivity contribution in [1.29, 1.82) is 0 Å². The van der Waals surface area contributed by atoms with Gasteiger partial charge in [-0.3, -0.25) is 0 Å². The summed E-state index contributed by atoms with van der Waals surface area (Å²) >= 11 is 1.84. The van der Waals surface area contributed by atoms with E-state index in [9.17, 15) is 0 Å². The molecule has 0 amide bonds. The lowest BCUT2D eigenvalue weighted by Gasteiger charge is -2.14. The van der Waals surface area contributed by atoms with Gasteiger partial charge in [-0.1, -0.05) is 60.2 Å². The van der Waals surface area contributed by atoms with Gasteiger partial charge in [0.25, 0.3) is 0 Å². The summed E-state index contributed by atoms with van der Waals surface area (Å²) in [5, 5.41) is 2.84. The summed E-state index contributed by atoms with van der Waals surface area (Å²) < 4.78 is 0. The molecule has 0 N–H and O–H groups in total. The van der Waals surface area contributed by atoms with Gasteiger partial charge < -0.3 is 0 Å². The minimum atomic E-state index is 0.275. The van der Waals surface area contributed by atoms with Gasteiger partial charge >= 0.3 is 0 Å². The largest absolute Gasteiger partial charge is 0.114 e. The molecule has 3 rings (SSSR count). The molecule has 0 saturated carbocycles. The molecular weight excluding hydrogens is 272 g/mol. The van der Waals surface area contributed by atoms with Gasteiger partial charge in [0.1, 0.15) is 0 Å². The molecule has 0 nitrogen and oxygen atoms in total. The summed E-state index contributed by atoms with van der Waals surface area (Å²) in [4.78, 5) is 1.28. The zero-order valence-corrected chi connectivity index (χ0v) is 12.9. The van der Waals surface area contributed by atoms with Crippen LogP contribution >= 0.6 is 11.8 Å². The molecular formula is C20H18S. The SMILES string of the molecule is C=CC(Sc1ccc(C)cc1)c1ccc2ccccc2c1. The van der Waals surface area contributed by atoms with E-state index in [2.05, 4.69) is 80.2 Å². The standard InChI is InChI=1S/C20H18S/c1-3-20(21-19-12-8-15(2)9-13-19)18-11-10-16-6-4-5-7-17(16)14-18/h3-14,20H,1H2,2H3. The lowest BCUT2D eigenvalue weighted by Crippen LogP contribution is -1.90. The average Bonchev–Trinajstić information content (AvgIpc) is 2.54. The van der Waals surface area contributed by atoms with Crippen LogP contribution in [-0.4, -0.2) is 0 Å². The highest BCUT2D eigenvalue weighted by Gasteiger charge is 2.10. The zero-order valence-electron chi connectivity index (χ0n) is 12.1. The van der Waals surface area contributed by atoms with Gasteiger partial charge in [0.15, 0.2) is 0 Å². The molecule has 104 valence electrons. The van der Waals surface area contributed by atoms with Crippen LogP contribution in [0.25, 0.3) is 10.8 Å². The van der Waals surface area contributed by atoms with Crippen LogP contribution in [0.2, 0.25) is 0 Å². The molecule has 21 heavy (non-hydrogen) atoms. The van der Waals surface area contributed by atoms with Crippen molar-refractivity contribution in [2.24, 2.45) is 0 Å². The molecule has 0 fully saturated rings. The Morgan fingerprint density at radius 2 is 1.62 bits per heavy atom. The third-order valence-electron chi connectivity index (χ3n) is 3.60. The van der Waals surface area contributed by atoms with Gasteiger partial charge in [-0.05, 0) is 41.5 Å². The Kier molecular flexibility index (Phi) is 4.12. The Morgan fingerprint density at radius 1 is 0.905 bits per heavy atom. The molecule has 0 saturated heterocycles.